The molecule has 0 bridgehead atoms. The summed E-state index contributed by atoms with van der Waals surface area (Å²) in [5.41, 5.74) is 3.27. The Kier molecular flexibility index (Phi) is 3.89. The minimum Gasteiger partial charge on any atom is -0.396 e. The van der Waals surface area contributed by atoms with Crippen LogP contribution in [0.25, 0.3) is 10.9 Å². The molecule has 0 aliphatic heterocycles. The van der Waals surface area contributed by atoms with Crippen LogP contribution in [0.1, 0.15) is 12.1 Å². The molecule has 1 atom stereocenters. The summed E-state index contributed by atoms with van der Waals surface area (Å²) >= 11 is 0. The Hall–Kier alpha value is -1.52. The Morgan fingerprint density at radius 3 is 2.67 bits per heavy atom. The number of benzene rings is 1. The molecule has 1 aromatic heterocycles. The average molecular weight is 248 g/mol. The molecular weight excluding hydrogens is 228 g/mol. The van der Waals surface area contributed by atoms with E-state index >= 15 is 0 Å². The smallest absolute Gasteiger partial charge is 0.0654 e. The van der Waals surface area contributed by atoms with E-state index in [1.54, 1.807) is 0 Å². The Bertz CT molecular complexity index is 521. The van der Waals surface area contributed by atoms with E-state index in [4.69, 9.17) is 5.11 Å². The van der Waals surface area contributed by atoms with Gasteiger partial charge in [-0.05, 0) is 19.4 Å². The van der Waals surface area contributed by atoms with E-state index in [9.17, 15) is 5.11 Å². The number of aromatic amines is 1. The van der Waals surface area contributed by atoms with Gasteiger partial charge in [-0.2, -0.15) is 0 Å². The maximum atomic E-state index is 9.43. The van der Waals surface area contributed by atoms with E-state index < -0.39 is 0 Å². The maximum Gasteiger partial charge on any atom is 0.0654 e. The van der Waals surface area contributed by atoms with Crippen LogP contribution in [0.15, 0.2) is 24.3 Å². The molecule has 0 aliphatic rings. The number of aliphatic hydroxyl groups excluding tert-OH is 2. The lowest BCUT2D eigenvalue weighted by molar-refractivity contribution is 0.218. The number of rotatable bonds is 5. The van der Waals surface area contributed by atoms with Gasteiger partial charge in [0.15, 0.2) is 0 Å². The summed E-state index contributed by atoms with van der Waals surface area (Å²) in [7, 11) is 1.96. The van der Waals surface area contributed by atoms with Gasteiger partial charge in [0.05, 0.1) is 18.3 Å². The molecule has 1 aromatic carbocycles. The summed E-state index contributed by atoms with van der Waals surface area (Å²) in [5, 5.41) is 19.6. The summed E-state index contributed by atoms with van der Waals surface area (Å²) < 4.78 is 0. The first kappa shape index (κ1) is 12.9. The summed E-state index contributed by atoms with van der Waals surface area (Å²) in [6.07, 6.45) is 0.561. The Morgan fingerprint density at radius 2 is 2.00 bits per heavy atom. The predicted octanol–water partition coefficient (Wildman–Crippen LogP) is 1.66. The van der Waals surface area contributed by atoms with Crippen molar-refractivity contribution in [3.8, 4) is 0 Å². The fourth-order valence-corrected chi connectivity index (χ4v) is 2.46. The number of aryl methyl sites for hydroxylation is 1. The number of likely N-dealkylation sites (N-methyl/N-ethyl adjacent to an activating group) is 1. The number of anilines is 1. The van der Waals surface area contributed by atoms with Crippen molar-refractivity contribution in [3.63, 3.8) is 0 Å². The van der Waals surface area contributed by atoms with Crippen molar-refractivity contribution in [2.75, 3.05) is 25.2 Å². The Balaban J connectivity index is 2.43. The van der Waals surface area contributed by atoms with Gasteiger partial charge in [0.1, 0.15) is 0 Å². The van der Waals surface area contributed by atoms with E-state index in [0.29, 0.717) is 6.42 Å². The number of nitrogens with zero attached hydrogens (tertiary/aromatic N) is 1. The number of hydrogen-bond acceptors (Lipinski definition) is 3. The third kappa shape index (κ3) is 2.21. The normalized spacial score (nSPS) is 12.9. The number of aliphatic hydroxyl groups is 2. The minimum absolute atomic E-state index is 0.0377. The molecule has 0 radical (unpaired) electrons. The minimum atomic E-state index is -0.0621. The second-order valence-corrected chi connectivity index (χ2v) is 4.60. The molecule has 0 amide bonds. The Morgan fingerprint density at radius 1 is 1.28 bits per heavy atom. The van der Waals surface area contributed by atoms with Crippen LogP contribution in [-0.2, 0) is 0 Å². The van der Waals surface area contributed by atoms with Gasteiger partial charge in [-0.3, -0.25) is 0 Å². The van der Waals surface area contributed by atoms with Gasteiger partial charge in [-0.1, -0.05) is 18.2 Å². The van der Waals surface area contributed by atoms with Gasteiger partial charge in [-0.15, -0.1) is 0 Å². The highest BCUT2D eigenvalue weighted by Gasteiger charge is 2.19. The van der Waals surface area contributed by atoms with Crippen LogP contribution in [0.4, 0.5) is 5.69 Å². The molecular formula is C14H20N2O2. The highest BCUT2D eigenvalue weighted by atomic mass is 16.3. The van der Waals surface area contributed by atoms with Crippen molar-refractivity contribution in [1.29, 1.82) is 0 Å². The zero-order valence-electron chi connectivity index (χ0n) is 10.8. The Labute approximate surface area is 107 Å². The van der Waals surface area contributed by atoms with Crippen LogP contribution in [0, 0.1) is 6.92 Å². The van der Waals surface area contributed by atoms with Gasteiger partial charge in [-0.25, -0.2) is 0 Å². The summed E-state index contributed by atoms with van der Waals surface area (Å²) in [5.74, 6) is 0. The zero-order chi connectivity index (χ0) is 13.1. The van der Waals surface area contributed by atoms with Gasteiger partial charge < -0.3 is 20.1 Å². The van der Waals surface area contributed by atoms with E-state index in [2.05, 4.69) is 11.1 Å². The van der Waals surface area contributed by atoms with Crippen molar-refractivity contribution in [3.05, 3.63) is 30.0 Å². The number of para-hydroxylation sites is 1. The molecule has 4 heteroatoms. The van der Waals surface area contributed by atoms with Gasteiger partial charge >= 0.3 is 0 Å². The quantitative estimate of drug-likeness (QED) is 0.754. The standard InChI is InChI=1S/C14H20N2O2/c1-10-14(16(2)11(9-18)7-8-17)12-5-3-4-6-13(12)15-10/h3-6,11,15,17-18H,7-9H2,1-2H3. The number of fused-ring (bicyclic) bond motifs is 1. The van der Waals surface area contributed by atoms with E-state index in [-0.39, 0.29) is 19.3 Å². The molecule has 0 saturated heterocycles. The number of H-pyrrole nitrogens is 1. The molecule has 4 nitrogen and oxygen atoms in total. The van der Waals surface area contributed by atoms with Crippen LogP contribution in [-0.4, -0.2) is 41.5 Å². The molecule has 1 heterocycles. The van der Waals surface area contributed by atoms with Gasteiger partial charge in [0, 0.05) is 30.3 Å². The molecule has 98 valence electrons. The first-order chi connectivity index (χ1) is 8.69. The molecule has 2 aromatic rings. The summed E-state index contributed by atoms with van der Waals surface area (Å²) in [6, 6.07) is 8.05. The van der Waals surface area contributed by atoms with Crippen LogP contribution in [0.3, 0.4) is 0 Å². The molecule has 1 unspecified atom stereocenters. The third-order valence-electron chi connectivity index (χ3n) is 3.43. The van der Waals surface area contributed by atoms with E-state index in [0.717, 1.165) is 22.3 Å². The lowest BCUT2D eigenvalue weighted by atomic mass is 10.1. The highest BCUT2D eigenvalue weighted by Crippen LogP contribution is 2.31. The zero-order valence-corrected chi connectivity index (χ0v) is 10.8. The van der Waals surface area contributed by atoms with Crippen molar-refractivity contribution < 1.29 is 10.2 Å². The van der Waals surface area contributed by atoms with Crippen LogP contribution >= 0.6 is 0 Å². The molecule has 2 rings (SSSR count). The molecule has 0 saturated carbocycles. The van der Waals surface area contributed by atoms with Crippen molar-refractivity contribution in [2.45, 2.75) is 19.4 Å². The lowest BCUT2D eigenvalue weighted by Gasteiger charge is -2.28. The molecule has 3 N–H and O–H groups in total. The molecule has 18 heavy (non-hydrogen) atoms. The lowest BCUT2D eigenvalue weighted by Crippen LogP contribution is -2.35. The van der Waals surface area contributed by atoms with Crippen molar-refractivity contribution >= 4 is 16.6 Å². The first-order valence-electron chi connectivity index (χ1n) is 6.21. The molecule has 0 fully saturated rings. The van der Waals surface area contributed by atoms with Crippen LogP contribution in [0.2, 0.25) is 0 Å². The van der Waals surface area contributed by atoms with Crippen molar-refractivity contribution in [2.24, 2.45) is 0 Å². The van der Waals surface area contributed by atoms with Crippen LogP contribution in [0.5, 0.6) is 0 Å². The summed E-state index contributed by atoms with van der Waals surface area (Å²) in [6.45, 7) is 2.15. The fraction of sp³-hybridized carbons (Fsp3) is 0.429. The second-order valence-electron chi connectivity index (χ2n) is 4.60. The highest BCUT2D eigenvalue weighted by molar-refractivity contribution is 5.94. The van der Waals surface area contributed by atoms with E-state index in [1.807, 2.05) is 37.1 Å². The largest absolute Gasteiger partial charge is 0.396 e. The third-order valence-corrected chi connectivity index (χ3v) is 3.43. The fourth-order valence-electron chi connectivity index (χ4n) is 2.46. The molecule has 0 spiro atoms. The second kappa shape index (κ2) is 5.42. The van der Waals surface area contributed by atoms with Gasteiger partial charge in [0.2, 0.25) is 0 Å². The number of hydrogen-bond donors (Lipinski definition) is 3. The molecule has 0 aliphatic carbocycles. The van der Waals surface area contributed by atoms with Crippen molar-refractivity contribution in [1.82, 2.24) is 4.98 Å². The number of nitrogens with one attached hydrogen (secondary N) is 1. The predicted molar refractivity (Wildman–Crippen MR) is 74.0 cm³/mol. The SMILES string of the molecule is Cc1[nH]c2ccccc2c1N(C)C(CO)CCO. The topological polar surface area (TPSA) is 59.5 Å². The summed E-state index contributed by atoms with van der Waals surface area (Å²) in [4.78, 5) is 5.39. The maximum absolute atomic E-state index is 9.43. The van der Waals surface area contributed by atoms with Crippen LogP contribution < -0.4 is 4.90 Å². The number of aromatic nitrogens is 1. The van der Waals surface area contributed by atoms with Gasteiger partial charge in [0.25, 0.3) is 0 Å². The average Bonchev–Trinajstić information content (AvgIpc) is 2.71. The first-order valence-corrected chi connectivity index (χ1v) is 6.21. The van der Waals surface area contributed by atoms with E-state index in [1.165, 1.54) is 0 Å². The monoisotopic (exact) mass is 248 g/mol.